The first-order valence-corrected chi connectivity index (χ1v) is 13.6. The molecular formula is C28H44N2O6. The zero-order chi connectivity index (χ0) is 26.3. The number of ether oxygens (including phenoxy) is 2. The lowest BCUT2D eigenvalue weighted by atomic mass is 9.66. The second kappa shape index (κ2) is 12.4. The van der Waals surface area contributed by atoms with Gasteiger partial charge in [0, 0.05) is 26.2 Å². The molecule has 0 saturated carbocycles. The van der Waals surface area contributed by atoms with Crippen LogP contribution in [0, 0.1) is 11.8 Å². The van der Waals surface area contributed by atoms with Crippen LogP contribution >= 0.6 is 0 Å². The lowest BCUT2D eigenvalue weighted by Crippen LogP contribution is -2.56. The molecule has 3 fully saturated rings. The number of aliphatic hydroxyl groups excluding tert-OH is 1. The number of aliphatic hydroxyl groups is 1. The minimum Gasteiger partial charge on any atom is -0.465 e. The number of amides is 2. The molecule has 0 aromatic carbocycles. The molecule has 202 valence electrons. The Balaban J connectivity index is 1.94. The highest BCUT2D eigenvalue weighted by molar-refractivity contribution is 5.98. The minimum atomic E-state index is -1.04. The first kappa shape index (κ1) is 28.4. The number of carbonyl (C=O) groups is 3. The van der Waals surface area contributed by atoms with Crippen molar-refractivity contribution in [2.45, 2.75) is 88.9 Å². The summed E-state index contributed by atoms with van der Waals surface area (Å²) in [4.78, 5) is 44.8. The van der Waals surface area contributed by atoms with E-state index in [1.54, 1.807) is 22.0 Å². The second-order valence-electron chi connectivity index (χ2n) is 10.6. The summed E-state index contributed by atoms with van der Waals surface area (Å²) in [5.74, 6) is -2.24. The van der Waals surface area contributed by atoms with Crippen molar-refractivity contribution in [2.24, 2.45) is 11.8 Å². The molecular weight excluding hydrogens is 460 g/mol. The van der Waals surface area contributed by atoms with Crippen LogP contribution in [-0.2, 0) is 23.9 Å². The van der Waals surface area contributed by atoms with Gasteiger partial charge in [-0.15, -0.1) is 13.2 Å². The lowest BCUT2D eigenvalue weighted by molar-refractivity contribution is -0.160. The van der Waals surface area contributed by atoms with Crippen molar-refractivity contribution in [3.63, 3.8) is 0 Å². The van der Waals surface area contributed by atoms with Gasteiger partial charge in [-0.2, -0.15) is 0 Å². The number of fused-ring (bicyclic) bond motifs is 1. The molecule has 1 spiro atoms. The average molecular weight is 505 g/mol. The van der Waals surface area contributed by atoms with Crippen LogP contribution in [0.3, 0.4) is 0 Å². The number of hydrogen-bond acceptors (Lipinski definition) is 6. The number of carbonyl (C=O) groups excluding carboxylic acids is 3. The Morgan fingerprint density at radius 1 is 1.19 bits per heavy atom. The van der Waals surface area contributed by atoms with E-state index in [0.29, 0.717) is 51.7 Å². The fourth-order valence-electron chi connectivity index (χ4n) is 6.38. The van der Waals surface area contributed by atoms with Gasteiger partial charge in [0.1, 0.15) is 17.6 Å². The minimum absolute atomic E-state index is 0.0908. The number of hydrogen-bond donors (Lipinski definition) is 1. The van der Waals surface area contributed by atoms with Crippen LogP contribution in [0.4, 0.5) is 0 Å². The van der Waals surface area contributed by atoms with E-state index in [4.69, 9.17) is 9.47 Å². The maximum Gasteiger partial charge on any atom is 0.312 e. The van der Waals surface area contributed by atoms with Gasteiger partial charge >= 0.3 is 5.97 Å². The maximum absolute atomic E-state index is 14.1. The molecule has 3 rings (SSSR count). The summed E-state index contributed by atoms with van der Waals surface area (Å²) >= 11 is 0. The lowest BCUT2D eigenvalue weighted by Gasteiger charge is -2.37. The molecule has 36 heavy (non-hydrogen) atoms. The number of unbranched alkanes of at least 4 members (excludes halogenated alkanes) is 4. The van der Waals surface area contributed by atoms with E-state index in [1.165, 1.54) is 0 Å². The Kier molecular flexibility index (Phi) is 9.75. The van der Waals surface area contributed by atoms with E-state index in [-0.39, 0.29) is 25.0 Å². The van der Waals surface area contributed by atoms with Crippen molar-refractivity contribution in [3.8, 4) is 0 Å². The third kappa shape index (κ3) is 5.25. The smallest absolute Gasteiger partial charge is 0.312 e. The monoisotopic (exact) mass is 504 g/mol. The van der Waals surface area contributed by atoms with Gasteiger partial charge in [-0.1, -0.05) is 31.9 Å². The highest BCUT2D eigenvalue weighted by Crippen LogP contribution is 2.63. The Bertz CT molecular complexity index is 831. The highest BCUT2D eigenvalue weighted by Gasteiger charge is 2.78. The summed E-state index contributed by atoms with van der Waals surface area (Å²) in [6.07, 6.45) is 10.1. The number of esters is 1. The summed E-state index contributed by atoms with van der Waals surface area (Å²) in [5.41, 5.74) is -1.87. The van der Waals surface area contributed by atoms with Crippen molar-refractivity contribution >= 4 is 17.8 Å². The van der Waals surface area contributed by atoms with Crippen molar-refractivity contribution in [1.82, 2.24) is 9.80 Å². The quantitative estimate of drug-likeness (QED) is 0.197. The summed E-state index contributed by atoms with van der Waals surface area (Å²) < 4.78 is 12.2. The molecule has 3 saturated heterocycles. The van der Waals surface area contributed by atoms with E-state index in [1.807, 2.05) is 6.92 Å². The van der Waals surface area contributed by atoms with E-state index in [2.05, 4.69) is 20.1 Å². The van der Waals surface area contributed by atoms with Gasteiger partial charge in [0.2, 0.25) is 11.8 Å². The first-order chi connectivity index (χ1) is 17.3. The third-order valence-electron chi connectivity index (χ3n) is 8.08. The fraction of sp³-hybridized carbons (Fsp3) is 0.750. The van der Waals surface area contributed by atoms with E-state index in [9.17, 15) is 19.5 Å². The highest BCUT2D eigenvalue weighted by atomic mass is 16.6. The first-order valence-electron chi connectivity index (χ1n) is 13.6. The van der Waals surface area contributed by atoms with Gasteiger partial charge in [-0.05, 0) is 51.9 Å². The maximum atomic E-state index is 14.1. The molecule has 2 unspecified atom stereocenters. The molecule has 3 aliphatic heterocycles. The van der Waals surface area contributed by atoms with Gasteiger partial charge in [-0.3, -0.25) is 14.4 Å². The third-order valence-corrected chi connectivity index (χ3v) is 8.08. The topological polar surface area (TPSA) is 96.4 Å². The van der Waals surface area contributed by atoms with Gasteiger partial charge in [0.15, 0.2) is 0 Å². The zero-order valence-corrected chi connectivity index (χ0v) is 22.1. The molecule has 5 atom stereocenters. The molecule has 0 aliphatic carbocycles. The fourth-order valence-corrected chi connectivity index (χ4v) is 6.38. The van der Waals surface area contributed by atoms with Crippen molar-refractivity contribution in [2.75, 3.05) is 32.8 Å². The van der Waals surface area contributed by atoms with Crippen LogP contribution < -0.4 is 0 Å². The number of likely N-dealkylation sites (tertiary alicyclic amines) is 1. The largest absolute Gasteiger partial charge is 0.465 e. The van der Waals surface area contributed by atoms with Crippen LogP contribution in [0.25, 0.3) is 0 Å². The van der Waals surface area contributed by atoms with Gasteiger partial charge in [-0.25, -0.2) is 0 Å². The Morgan fingerprint density at radius 2 is 1.97 bits per heavy atom. The van der Waals surface area contributed by atoms with Crippen LogP contribution in [0.2, 0.25) is 0 Å². The predicted octanol–water partition coefficient (Wildman–Crippen LogP) is 3.24. The van der Waals surface area contributed by atoms with Crippen LogP contribution in [0.5, 0.6) is 0 Å². The molecule has 2 amide bonds. The summed E-state index contributed by atoms with van der Waals surface area (Å²) in [7, 11) is 0. The van der Waals surface area contributed by atoms with E-state index in [0.717, 1.165) is 25.7 Å². The molecule has 3 heterocycles. The SMILES string of the molecule is C=CCCOC(=O)[C@@H]1[C@H]2C(=O)N(CCCCCO)C(C(=O)N(CC=C)CCCCC)C23CC[C@@]1(C)O3. The summed E-state index contributed by atoms with van der Waals surface area (Å²) in [6, 6.07) is -0.779. The zero-order valence-electron chi connectivity index (χ0n) is 22.1. The van der Waals surface area contributed by atoms with Crippen molar-refractivity contribution in [3.05, 3.63) is 25.3 Å². The molecule has 3 aliphatic rings. The van der Waals surface area contributed by atoms with Crippen LogP contribution in [0.1, 0.15) is 71.6 Å². The van der Waals surface area contributed by atoms with Crippen LogP contribution in [0.15, 0.2) is 25.3 Å². The number of nitrogens with zero attached hydrogens (tertiary/aromatic N) is 2. The molecule has 1 N–H and O–H groups in total. The Labute approximate surface area is 215 Å². The summed E-state index contributed by atoms with van der Waals surface area (Å²) in [6.45, 7) is 13.2. The molecule has 0 aromatic rings. The predicted molar refractivity (Wildman–Crippen MR) is 137 cm³/mol. The molecule has 8 heteroatoms. The molecule has 2 bridgehead atoms. The molecule has 8 nitrogen and oxygen atoms in total. The van der Waals surface area contributed by atoms with Crippen molar-refractivity contribution in [1.29, 1.82) is 0 Å². The van der Waals surface area contributed by atoms with Crippen molar-refractivity contribution < 1.29 is 29.0 Å². The Morgan fingerprint density at radius 3 is 2.64 bits per heavy atom. The van der Waals surface area contributed by atoms with E-state index >= 15 is 0 Å². The van der Waals surface area contributed by atoms with E-state index < -0.39 is 35.0 Å². The van der Waals surface area contributed by atoms with Crippen LogP contribution in [-0.4, -0.2) is 82.8 Å². The Hall–Kier alpha value is -2.19. The standard InChI is InChI=1S/C28H44N2O6/c1-5-8-11-17-29(16-7-3)25(33)23-28-15-14-27(4,36-28)22(26(34)35-20-9-6-2)21(28)24(32)30(23)18-12-10-13-19-31/h6-7,21-23,31H,2-3,5,8-20H2,1,4H3/t21-,22-,23?,27+,28?/m0/s1. The summed E-state index contributed by atoms with van der Waals surface area (Å²) in [5, 5.41) is 9.19. The van der Waals surface area contributed by atoms with Gasteiger partial charge in [0.05, 0.1) is 18.1 Å². The molecule has 0 aromatic heterocycles. The average Bonchev–Trinajstić information content (AvgIpc) is 3.42. The second-order valence-corrected chi connectivity index (χ2v) is 10.6. The van der Waals surface area contributed by atoms with Gasteiger partial charge in [0.25, 0.3) is 0 Å². The number of rotatable bonds is 16. The molecule has 0 radical (unpaired) electrons. The normalized spacial score (nSPS) is 30.4. The van der Waals surface area contributed by atoms with Gasteiger partial charge < -0.3 is 24.4 Å².